The van der Waals surface area contributed by atoms with Crippen LogP contribution < -0.4 is 0 Å². The molecule has 0 aromatic rings. The molecule has 0 spiro atoms. The topological polar surface area (TPSA) is 40.6 Å². The predicted molar refractivity (Wildman–Crippen MR) is 48.4 cm³/mol. The number of carbonyl (C=O) groups is 2. The summed E-state index contributed by atoms with van der Waals surface area (Å²) in [7, 11) is 3.65. The molecule has 4 nitrogen and oxygen atoms in total. The van der Waals surface area contributed by atoms with Crippen LogP contribution in [0.3, 0.4) is 0 Å². The van der Waals surface area contributed by atoms with Gasteiger partial charge in [0.1, 0.15) is 0 Å². The lowest BCUT2D eigenvalue weighted by Gasteiger charge is -2.17. The monoisotopic (exact) mass is 180 g/mol. The van der Waals surface area contributed by atoms with E-state index in [9.17, 15) is 9.59 Å². The third kappa shape index (κ3) is 2.43. The highest BCUT2D eigenvalue weighted by Gasteiger charge is 2.19. The molecule has 4 heteroatoms. The molecule has 0 saturated heterocycles. The molecular weight excluding hydrogens is 168 g/mol. The second kappa shape index (κ2) is 3.89. The maximum Gasteiger partial charge on any atom is 0.257 e. The minimum atomic E-state index is -0.283. The molecular formula is C9H12N2O2. The van der Waals surface area contributed by atoms with Crippen LogP contribution in [0, 0.1) is 0 Å². The zero-order chi connectivity index (χ0) is 9.84. The number of nitrogens with zero attached hydrogens (tertiary/aromatic N) is 2. The van der Waals surface area contributed by atoms with Crippen molar-refractivity contribution < 1.29 is 9.59 Å². The van der Waals surface area contributed by atoms with E-state index in [1.54, 1.807) is 17.2 Å². The normalized spacial score (nSPS) is 17.2. The Labute approximate surface area is 77.1 Å². The Kier molecular flexibility index (Phi) is 2.84. The van der Waals surface area contributed by atoms with E-state index in [4.69, 9.17) is 0 Å². The molecule has 0 N–H and O–H groups in total. The highest BCUT2D eigenvalue weighted by molar-refractivity contribution is 6.05. The Bertz CT molecular complexity index is 279. The Hall–Kier alpha value is -1.58. The third-order valence-electron chi connectivity index (χ3n) is 1.57. The lowest BCUT2D eigenvalue weighted by Crippen LogP contribution is -2.33. The summed E-state index contributed by atoms with van der Waals surface area (Å²) >= 11 is 0. The van der Waals surface area contributed by atoms with Gasteiger partial charge < -0.3 is 4.90 Å². The molecule has 13 heavy (non-hydrogen) atoms. The molecule has 0 bridgehead atoms. The first-order valence-corrected chi connectivity index (χ1v) is 3.98. The molecule has 0 fully saturated rings. The molecule has 0 unspecified atom stereocenters. The van der Waals surface area contributed by atoms with Crippen LogP contribution in [0.5, 0.6) is 0 Å². The van der Waals surface area contributed by atoms with Crippen LogP contribution in [0.4, 0.5) is 0 Å². The van der Waals surface area contributed by atoms with Gasteiger partial charge in [-0.15, -0.1) is 0 Å². The summed E-state index contributed by atoms with van der Waals surface area (Å²) in [6, 6.07) is 0. The van der Waals surface area contributed by atoms with Crippen molar-refractivity contribution in [3.8, 4) is 0 Å². The van der Waals surface area contributed by atoms with E-state index >= 15 is 0 Å². The average molecular weight is 180 g/mol. The van der Waals surface area contributed by atoms with Gasteiger partial charge in [-0.3, -0.25) is 14.5 Å². The highest BCUT2D eigenvalue weighted by Crippen LogP contribution is 2.05. The number of imide groups is 1. The number of carbonyl (C=O) groups excluding carboxylic acids is 2. The van der Waals surface area contributed by atoms with Crippen molar-refractivity contribution in [2.45, 2.75) is 6.42 Å². The van der Waals surface area contributed by atoms with Gasteiger partial charge in [-0.1, -0.05) is 6.08 Å². The van der Waals surface area contributed by atoms with Crippen molar-refractivity contribution in [1.82, 2.24) is 9.80 Å². The highest BCUT2D eigenvalue weighted by atomic mass is 16.2. The van der Waals surface area contributed by atoms with Crippen molar-refractivity contribution in [3.05, 3.63) is 24.6 Å². The predicted octanol–water partition coefficient (Wildman–Crippen LogP) is 0.334. The van der Waals surface area contributed by atoms with Crippen molar-refractivity contribution in [2.75, 3.05) is 14.1 Å². The first-order chi connectivity index (χ1) is 6.11. The van der Waals surface area contributed by atoms with E-state index < -0.39 is 0 Å². The minimum Gasteiger partial charge on any atom is -0.382 e. The van der Waals surface area contributed by atoms with E-state index in [0.717, 1.165) is 4.90 Å². The van der Waals surface area contributed by atoms with Gasteiger partial charge in [0.05, 0.1) is 0 Å². The SMILES string of the molecule is CN(C)C=CN1C(=O)C=CCC1=O. The second-order valence-corrected chi connectivity index (χ2v) is 2.97. The number of rotatable bonds is 2. The number of hydrogen-bond donors (Lipinski definition) is 0. The van der Waals surface area contributed by atoms with E-state index in [-0.39, 0.29) is 11.8 Å². The fourth-order valence-electron chi connectivity index (χ4n) is 0.919. The van der Waals surface area contributed by atoms with Crippen LogP contribution in [-0.2, 0) is 9.59 Å². The summed E-state index contributed by atoms with van der Waals surface area (Å²) in [5.74, 6) is -0.472. The van der Waals surface area contributed by atoms with Crippen molar-refractivity contribution >= 4 is 11.8 Å². The summed E-state index contributed by atoms with van der Waals surface area (Å²) in [4.78, 5) is 25.2. The van der Waals surface area contributed by atoms with E-state index in [1.165, 1.54) is 12.3 Å². The van der Waals surface area contributed by atoms with E-state index in [0.29, 0.717) is 6.42 Å². The summed E-state index contributed by atoms with van der Waals surface area (Å²) in [5.41, 5.74) is 0. The van der Waals surface area contributed by atoms with Crippen LogP contribution in [0.15, 0.2) is 24.6 Å². The van der Waals surface area contributed by atoms with E-state index in [2.05, 4.69) is 0 Å². The van der Waals surface area contributed by atoms with Crippen molar-refractivity contribution in [3.63, 3.8) is 0 Å². The Balaban J connectivity index is 2.72. The molecule has 1 aliphatic heterocycles. The van der Waals surface area contributed by atoms with Gasteiger partial charge in [-0.05, 0) is 0 Å². The molecule has 0 saturated carbocycles. The van der Waals surface area contributed by atoms with Crippen LogP contribution in [-0.4, -0.2) is 35.7 Å². The van der Waals surface area contributed by atoms with Crippen LogP contribution in [0.2, 0.25) is 0 Å². The van der Waals surface area contributed by atoms with Crippen LogP contribution in [0.1, 0.15) is 6.42 Å². The summed E-state index contributed by atoms with van der Waals surface area (Å²) < 4.78 is 0. The van der Waals surface area contributed by atoms with Crippen molar-refractivity contribution in [1.29, 1.82) is 0 Å². The first kappa shape index (κ1) is 9.51. The second-order valence-electron chi connectivity index (χ2n) is 2.97. The smallest absolute Gasteiger partial charge is 0.257 e. The van der Waals surface area contributed by atoms with Gasteiger partial charge in [0.2, 0.25) is 5.91 Å². The first-order valence-electron chi connectivity index (χ1n) is 3.98. The van der Waals surface area contributed by atoms with Gasteiger partial charge in [0.15, 0.2) is 0 Å². The maximum absolute atomic E-state index is 11.2. The fraction of sp³-hybridized carbons (Fsp3) is 0.333. The number of amides is 2. The van der Waals surface area contributed by atoms with Crippen LogP contribution >= 0.6 is 0 Å². The molecule has 0 aliphatic carbocycles. The quantitative estimate of drug-likeness (QED) is 0.575. The van der Waals surface area contributed by atoms with Crippen molar-refractivity contribution in [2.24, 2.45) is 0 Å². The molecule has 0 radical (unpaired) electrons. The lowest BCUT2D eigenvalue weighted by atomic mass is 10.2. The maximum atomic E-state index is 11.2. The standard InChI is InChI=1S/C9H12N2O2/c1-10(2)6-7-11-8(12)4-3-5-9(11)13/h3-4,6-7H,5H2,1-2H3. The van der Waals surface area contributed by atoms with Gasteiger partial charge in [-0.25, -0.2) is 0 Å². The molecule has 1 rings (SSSR count). The zero-order valence-electron chi connectivity index (χ0n) is 7.73. The third-order valence-corrected chi connectivity index (χ3v) is 1.57. The lowest BCUT2D eigenvalue weighted by molar-refractivity contribution is -0.138. The molecule has 0 aromatic carbocycles. The Morgan fingerprint density at radius 2 is 2.15 bits per heavy atom. The van der Waals surface area contributed by atoms with E-state index in [1.807, 2.05) is 14.1 Å². The number of hydrogen-bond acceptors (Lipinski definition) is 3. The van der Waals surface area contributed by atoms with Gasteiger partial charge >= 0.3 is 0 Å². The molecule has 1 heterocycles. The van der Waals surface area contributed by atoms with Gasteiger partial charge in [-0.2, -0.15) is 0 Å². The summed E-state index contributed by atoms with van der Waals surface area (Å²) in [6.45, 7) is 0. The Morgan fingerprint density at radius 1 is 1.46 bits per heavy atom. The molecule has 0 atom stereocenters. The van der Waals surface area contributed by atoms with Gasteiger partial charge in [0, 0.05) is 39.0 Å². The largest absolute Gasteiger partial charge is 0.382 e. The average Bonchev–Trinajstić information content (AvgIpc) is 2.03. The minimum absolute atomic E-state index is 0.189. The van der Waals surface area contributed by atoms with Gasteiger partial charge in [0.25, 0.3) is 5.91 Å². The van der Waals surface area contributed by atoms with Crippen LogP contribution in [0.25, 0.3) is 0 Å². The summed E-state index contributed by atoms with van der Waals surface area (Å²) in [6.07, 6.45) is 6.42. The molecule has 0 aromatic heterocycles. The molecule has 70 valence electrons. The summed E-state index contributed by atoms with van der Waals surface area (Å²) in [5, 5.41) is 0. The zero-order valence-corrected chi connectivity index (χ0v) is 7.73. The molecule has 1 aliphatic rings. The molecule has 2 amide bonds. The fourth-order valence-corrected chi connectivity index (χ4v) is 0.919. The Morgan fingerprint density at radius 3 is 2.69 bits per heavy atom.